The Labute approximate surface area is 221 Å². The second kappa shape index (κ2) is 8.71. The molecule has 1 heterocycles. The number of esters is 1. The van der Waals surface area contributed by atoms with E-state index in [0.717, 1.165) is 49.9 Å². The van der Waals surface area contributed by atoms with Gasteiger partial charge in [0.1, 0.15) is 0 Å². The third-order valence-corrected chi connectivity index (χ3v) is 10.9. The largest absolute Gasteiger partial charge is 0.422 e. The van der Waals surface area contributed by atoms with Crippen LogP contribution in [0.25, 0.3) is 0 Å². The predicted molar refractivity (Wildman–Crippen MR) is 141 cm³/mol. The number of nitrogens with zero attached hydrogens (tertiary/aromatic N) is 1. The number of rotatable bonds is 5. The SMILES string of the molecule is CCc1nc(C)cc(NC(=O)C23CC4CC(CC(C4)C2)C3)c1OC(=O)C12CC3CC(CC(C3)C1)C2.Cl. The summed E-state index contributed by atoms with van der Waals surface area (Å²) in [5.74, 6) is 4.79. The van der Waals surface area contributed by atoms with Crippen molar-refractivity contribution in [3.63, 3.8) is 0 Å². The molecule has 0 spiro atoms. The van der Waals surface area contributed by atoms with Crippen LogP contribution in [0.1, 0.15) is 95.4 Å². The van der Waals surface area contributed by atoms with Gasteiger partial charge in [0.15, 0.2) is 5.75 Å². The molecular formula is C30H41ClN2O3. The molecule has 8 aliphatic rings. The standard InChI is InChI=1S/C30H40N2O3.ClH/c1-3-24-26(35-28(34)30-14-21-8-22(15-30)10-23(9-21)16-30)25(4-17(2)31-24)32-27(33)29-11-18-5-19(12-29)7-20(6-18)13-29;/h4,18-23H,3,5-16H2,1-2H3,(H,31,32,33);1H. The number of ether oxygens (including phenoxy) is 1. The molecule has 9 rings (SSSR count). The van der Waals surface area contributed by atoms with Crippen molar-refractivity contribution < 1.29 is 14.3 Å². The van der Waals surface area contributed by atoms with Crippen LogP contribution in [-0.4, -0.2) is 16.9 Å². The molecule has 5 nitrogen and oxygen atoms in total. The first-order valence-electron chi connectivity index (χ1n) is 14.4. The minimum Gasteiger partial charge on any atom is -0.422 e. The first-order chi connectivity index (χ1) is 16.8. The molecule has 8 aliphatic carbocycles. The first kappa shape index (κ1) is 24.7. The Morgan fingerprint density at radius 3 is 1.75 bits per heavy atom. The van der Waals surface area contributed by atoms with Crippen LogP contribution in [0.4, 0.5) is 5.69 Å². The maximum absolute atomic E-state index is 13.9. The summed E-state index contributed by atoms with van der Waals surface area (Å²) < 4.78 is 6.31. The summed E-state index contributed by atoms with van der Waals surface area (Å²) in [6.45, 7) is 4.01. The van der Waals surface area contributed by atoms with E-state index in [2.05, 4.69) is 12.2 Å². The minimum absolute atomic E-state index is 0. The van der Waals surface area contributed by atoms with Gasteiger partial charge in [-0.25, -0.2) is 0 Å². The fourth-order valence-corrected chi connectivity index (χ4v) is 10.4. The lowest BCUT2D eigenvalue weighted by Crippen LogP contribution is -2.52. The van der Waals surface area contributed by atoms with E-state index in [1.165, 1.54) is 38.5 Å². The lowest BCUT2D eigenvalue weighted by Gasteiger charge is -2.55. The number of carbonyl (C=O) groups excluding carboxylic acids is 2. The Hall–Kier alpha value is -1.62. The molecule has 1 N–H and O–H groups in total. The normalized spacial score (nSPS) is 41.2. The van der Waals surface area contributed by atoms with Crippen molar-refractivity contribution in [1.82, 2.24) is 4.98 Å². The second-order valence-corrected chi connectivity index (χ2v) is 13.7. The average molecular weight is 513 g/mol. The van der Waals surface area contributed by atoms with E-state index in [1.807, 2.05) is 13.0 Å². The van der Waals surface area contributed by atoms with Crippen molar-refractivity contribution >= 4 is 30.0 Å². The molecule has 196 valence electrons. The molecule has 0 atom stereocenters. The maximum Gasteiger partial charge on any atom is 0.317 e. The minimum atomic E-state index is -0.328. The number of anilines is 1. The smallest absolute Gasteiger partial charge is 0.317 e. The van der Waals surface area contributed by atoms with Crippen molar-refractivity contribution in [2.75, 3.05) is 5.32 Å². The van der Waals surface area contributed by atoms with Gasteiger partial charge < -0.3 is 10.1 Å². The highest BCUT2D eigenvalue weighted by Crippen LogP contribution is 2.62. The highest BCUT2D eigenvalue weighted by molar-refractivity contribution is 5.97. The number of halogens is 1. The third kappa shape index (κ3) is 3.90. The van der Waals surface area contributed by atoms with E-state index in [1.54, 1.807) is 0 Å². The van der Waals surface area contributed by atoms with Crippen LogP contribution in [0.5, 0.6) is 5.75 Å². The summed E-state index contributed by atoms with van der Waals surface area (Å²) >= 11 is 0. The van der Waals surface area contributed by atoms with Gasteiger partial charge in [0, 0.05) is 5.69 Å². The van der Waals surface area contributed by atoms with Gasteiger partial charge >= 0.3 is 5.97 Å². The maximum atomic E-state index is 13.9. The molecule has 1 aromatic rings. The quantitative estimate of drug-likeness (QED) is 0.448. The number of nitrogens with one attached hydrogen (secondary N) is 1. The van der Waals surface area contributed by atoms with E-state index < -0.39 is 0 Å². The fourth-order valence-electron chi connectivity index (χ4n) is 10.4. The van der Waals surface area contributed by atoms with Crippen LogP contribution < -0.4 is 10.1 Å². The number of hydrogen-bond donors (Lipinski definition) is 1. The molecule has 0 radical (unpaired) electrons. The van der Waals surface area contributed by atoms with Gasteiger partial charge in [-0.15, -0.1) is 12.4 Å². The highest BCUT2D eigenvalue weighted by atomic mass is 35.5. The number of aryl methyl sites for hydroxylation is 2. The molecule has 8 fully saturated rings. The van der Waals surface area contributed by atoms with Crippen LogP contribution in [0.2, 0.25) is 0 Å². The molecule has 1 aromatic heterocycles. The van der Waals surface area contributed by atoms with Crippen LogP contribution in [0, 0.1) is 53.3 Å². The topological polar surface area (TPSA) is 68.3 Å². The van der Waals surface area contributed by atoms with Gasteiger partial charge in [0.25, 0.3) is 0 Å². The van der Waals surface area contributed by atoms with Gasteiger partial charge in [0.05, 0.1) is 22.2 Å². The van der Waals surface area contributed by atoms with Crippen molar-refractivity contribution in [2.45, 2.75) is 97.3 Å². The van der Waals surface area contributed by atoms with Crippen LogP contribution >= 0.6 is 12.4 Å². The number of amides is 1. The van der Waals surface area contributed by atoms with Gasteiger partial charge in [-0.1, -0.05) is 6.92 Å². The zero-order valence-corrected chi connectivity index (χ0v) is 22.6. The van der Waals surface area contributed by atoms with Crippen LogP contribution in [-0.2, 0) is 16.0 Å². The second-order valence-electron chi connectivity index (χ2n) is 13.7. The monoisotopic (exact) mass is 512 g/mol. The Morgan fingerprint density at radius 1 is 0.861 bits per heavy atom. The van der Waals surface area contributed by atoms with E-state index in [0.29, 0.717) is 53.4 Å². The van der Waals surface area contributed by atoms with Gasteiger partial charge in [0.2, 0.25) is 5.91 Å². The summed E-state index contributed by atoms with van der Waals surface area (Å²) in [5, 5.41) is 3.31. The fraction of sp³-hybridized carbons (Fsp3) is 0.767. The number of carbonyl (C=O) groups is 2. The Balaban J connectivity index is 0.00000240. The van der Waals surface area contributed by atoms with Crippen molar-refractivity contribution in [3.05, 3.63) is 17.5 Å². The summed E-state index contributed by atoms with van der Waals surface area (Å²) in [6, 6.07) is 1.92. The third-order valence-electron chi connectivity index (χ3n) is 10.9. The Bertz CT molecular complexity index is 1010. The summed E-state index contributed by atoms with van der Waals surface area (Å²) in [5.41, 5.74) is 1.74. The molecular weight excluding hydrogens is 472 g/mol. The van der Waals surface area contributed by atoms with Crippen LogP contribution in [0.3, 0.4) is 0 Å². The molecule has 0 saturated heterocycles. The lowest BCUT2D eigenvalue weighted by molar-refractivity contribution is -0.161. The molecule has 36 heavy (non-hydrogen) atoms. The van der Waals surface area contributed by atoms with Crippen molar-refractivity contribution in [3.8, 4) is 5.75 Å². The van der Waals surface area contributed by atoms with Gasteiger partial charge in [-0.2, -0.15) is 0 Å². The zero-order chi connectivity index (χ0) is 23.9. The molecule has 0 unspecified atom stereocenters. The van der Waals surface area contributed by atoms with Gasteiger partial charge in [-0.05, 0) is 132 Å². The van der Waals surface area contributed by atoms with Crippen molar-refractivity contribution in [1.29, 1.82) is 0 Å². The number of pyridine rings is 1. The summed E-state index contributed by atoms with van der Waals surface area (Å²) in [6.07, 6.45) is 14.5. The lowest BCUT2D eigenvalue weighted by atomic mass is 9.49. The summed E-state index contributed by atoms with van der Waals surface area (Å²) in [7, 11) is 0. The molecule has 0 aliphatic heterocycles. The molecule has 8 bridgehead atoms. The summed E-state index contributed by atoms with van der Waals surface area (Å²) in [4.78, 5) is 32.4. The van der Waals surface area contributed by atoms with E-state index in [-0.39, 0.29) is 35.1 Å². The van der Waals surface area contributed by atoms with E-state index in [4.69, 9.17) is 9.72 Å². The Morgan fingerprint density at radius 2 is 1.31 bits per heavy atom. The molecule has 0 aromatic carbocycles. The number of hydrogen-bond acceptors (Lipinski definition) is 4. The number of aromatic nitrogens is 1. The van der Waals surface area contributed by atoms with Crippen molar-refractivity contribution in [2.24, 2.45) is 46.3 Å². The van der Waals surface area contributed by atoms with Gasteiger partial charge in [-0.3, -0.25) is 14.6 Å². The Kier molecular flexibility index (Phi) is 5.98. The molecule has 1 amide bonds. The highest BCUT2D eigenvalue weighted by Gasteiger charge is 2.57. The molecule has 8 saturated carbocycles. The average Bonchev–Trinajstić information content (AvgIpc) is 2.78. The van der Waals surface area contributed by atoms with E-state index >= 15 is 0 Å². The van der Waals surface area contributed by atoms with Crippen LogP contribution in [0.15, 0.2) is 6.07 Å². The first-order valence-corrected chi connectivity index (χ1v) is 14.4. The zero-order valence-electron chi connectivity index (χ0n) is 21.8. The predicted octanol–water partition coefficient (Wildman–Crippen LogP) is 6.65. The molecule has 6 heteroatoms. The van der Waals surface area contributed by atoms with E-state index in [9.17, 15) is 9.59 Å².